The van der Waals surface area contributed by atoms with E-state index in [1.807, 2.05) is 33.9 Å². The van der Waals surface area contributed by atoms with Crippen molar-refractivity contribution in [2.45, 2.75) is 71.5 Å². The Morgan fingerprint density at radius 2 is 2.09 bits per heavy atom. The molecule has 0 radical (unpaired) electrons. The molecule has 128 valence electrons. The van der Waals surface area contributed by atoms with Gasteiger partial charge in [0.15, 0.2) is 0 Å². The third-order valence-electron chi connectivity index (χ3n) is 3.94. The Bertz CT molecular complexity index is 559. The SMILES string of the molecule is Cc1cnn(CCC(=O)N2CCCCC2C(=O)NC(C)(C)C)c1. The first-order chi connectivity index (χ1) is 10.8. The molecule has 1 aromatic heterocycles. The first-order valence-electron chi connectivity index (χ1n) is 8.37. The lowest BCUT2D eigenvalue weighted by Crippen LogP contribution is -2.55. The van der Waals surface area contributed by atoms with Crippen molar-refractivity contribution in [1.82, 2.24) is 20.0 Å². The number of hydrogen-bond donors (Lipinski definition) is 1. The molecule has 2 amide bonds. The lowest BCUT2D eigenvalue weighted by Gasteiger charge is -2.36. The van der Waals surface area contributed by atoms with Crippen LogP contribution in [0.4, 0.5) is 0 Å². The summed E-state index contributed by atoms with van der Waals surface area (Å²) in [6.45, 7) is 9.07. The second-order valence-electron chi connectivity index (χ2n) is 7.37. The van der Waals surface area contributed by atoms with Gasteiger partial charge in [0.1, 0.15) is 6.04 Å². The molecule has 1 aliphatic heterocycles. The van der Waals surface area contributed by atoms with E-state index in [0.29, 0.717) is 19.5 Å². The van der Waals surface area contributed by atoms with Gasteiger partial charge in [0.25, 0.3) is 0 Å². The average Bonchev–Trinajstić information content (AvgIpc) is 2.88. The van der Waals surface area contributed by atoms with E-state index in [1.54, 1.807) is 15.8 Å². The molecule has 1 aliphatic rings. The maximum atomic E-state index is 12.6. The number of piperidine rings is 1. The van der Waals surface area contributed by atoms with Gasteiger partial charge in [-0.05, 0) is 52.5 Å². The highest BCUT2D eigenvalue weighted by molar-refractivity contribution is 5.88. The van der Waals surface area contributed by atoms with Gasteiger partial charge in [-0.25, -0.2) is 0 Å². The molecule has 1 saturated heterocycles. The van der Waals surface area contributed by atoms with Gasteiger partial charge < -0.3 is 10.2 Å². The zero-order valence-corrected chi connectivity index (χ0v) is 14.6. The number of amides is 2. The van der Waals surface area contributed by atoms with Gasteiger partial charge >= 0.3 is 0 Å². The molecule has 2 rings (SSSR count). The minimum Gasteiger partial charge on any atom is -0.350 e. The predicted octanol–water partition coefficient (Wildman–Crippen LogP) is 1.88. The summed E-state index contributed by atoms with van der Waals surface area (Å²) in [5.74, 6) is -0.00704. The molecule has 1 fully saturated rings. The van der Waals surface area contributed by atoms with Crippen LogP contribution in [0, 0.1) is 6.92 Å². The van der Waals surface area contributed by atoms with Crippen LogP contribution in [0.1, 0.15) is 52.0 Å². The quantitative estimate of drug-likeness (QED) is 0.921. The van der Waals surface area contributed by atoms with Crippen molar-refractivity contribution in [2.75, 3.05) is 6.54 Å². The van der Waals surface area contributed by atoms with Crippen molar-refractivity contribution < 1.29 is 9.59 Å². The van der Waals surface area contributed by atoms with E-state index in [2.05, 4.69) is 10.4 Å². The van der Waals surface area contributed by atoms with E-state index in [1.165, 1.54) is 0 Å². The first-order valence-corrected chi connectivity index (χ1v) is 8.37. The Kier molecular flexibility index (Phi) is 5.44. The van der Waals surface area contributed by atoms with Gasteiger partial charge in [0.05, 0.1) is 6.20 Å². The number of nitrogens with one attached hydrogen (secondary N) is 1. The van der Waals surface area contributed by atoms with Gasteiger partial charge in [0.2, 0.25) is 11.8 Å². The fraction of sp³-hybridized carbons (Fsp3) is 0.706. The molecule has 0 saturated carbocycles. The third kappa shape index (κ3) is 5.08. The number of likely N-dealkylation sites (tertiary alicyclic amines) is 1. The lowest BCUT2D eigenvalue weighted by atomic mass is 9.99. The van der Waals surface area contributed by atoms with Crippen LogP contribution in [0.3, 0.4) is 0 Å². The molecule has 1 aromatic rings. The number of nitrogens with zero attached hydrogens (tertiary/aromatic N) is 3. The molecule has 2 heterocycles. The highest BCUT2D eigenvalue weighted by Crippen LogP contribution is 2.19. The van der Waals surface area contributed by atoms with Crippen molar-refractivity contribution >= 4 is 11.8 Å². The second kappa shape index (κ2) is 7.15. The van der Waals surface area contributed by atoms with Crippen molar-refractivity contribution in [3.8, 4) is 0 Å². The molecule has 0 bridgehead atoms. The summed E-state index contributed by atoms with van der Waals surface area (Å²) in [5.41, 5.74) is 0.799. The molecule has 1 atom stereocenters. The Morgan fingerprint density at radius 1 is 1.35 bits per heavy atom. The van der Waals surface area contributed by atoms with Crippen LogP contribution >= 0.6 is 0 Å². The van der Waals surface area contributed by atoms with Crippen molar-refractivity contribution in [3.05, 3.63) is 18.0 Å². The molecule has 1 unspecified atom stereocenters. The fourth-order valence-electron chi connectivity index (χ4n) is 2.90. The van der Waals surface area contributed by atoms with E-state index < -0.39 is 0 Å². The second-order valence-corrected chi connectivity index (χ2v) is 7.37. The summed E-state index contributed by atoms with van der Waals surface area (Å²) in [4.78, 5) is 26.8. The van der Waals surface area contributed by atoms with Crippen LogP contribution < -0.4 is 5.32 Å². The minimum absolute atomic E-state index is 0.0342. The monoisotopic (exact) mass is 320 g/mol. The number of carbonyl (C=O) groups excluding carboxylic acids is 2. The van der Waals surface area contributed by atoms with E-state index in [0.717, 1.165) is 24.8 Å². The van der Waals surface area contributed by atoms with Crippen LogP contribution in [0.2, 0.25) is 0 Å². The first kappa shape index (κ1) is 17.5. The van der Waals surface area contributed by atoms with Gasteiger partial charge in [-0.15, -0.1) is 0 Å². The smallest absolute Gasteiger partial charge is 0.243 e. The number of aromatic nitrogens is 2. The molecule has 0 aromatic carbocycles. The van der Waals surface area contributed by atoms with E-state index in [-0.39, 0.29) is 23.4 Å². The molecule has 6 nitrogen and oxygen atoms in total. The highest BCUT2D eigenvalue weighted by atomic mass is 16.2. The Morgan fingerprint density at radius 3 is 2.70 bits per heavy atom. The Labute approximate surface area is 138 Å². The maximum Gasteiger partial charge on any atom is 0.243 e. The molecular weight excluding hydrogens is 292 g/mol. The lowest BCUT2D eigenvalue weighted by molar-refractivity contribution is -0.143. The summed E-state index contributed by atoms with van der Waals surface area (Å²) >= 11 is 0. The van der Waals surface area contributed by atoms with E-state index in [4.69, 9.17) is 0 Å². The van der Waals surface area contributed by atoms with Crippen LogP contribution in [0.25, 0.3) is 0 Å². The zero-order chi connectivity index (χ0) is 17.0. The zero-order valence-electron chi connectivity index (χ0n) is 14.6. The summed E-state index contributed by atoms with van der Waals surface area (Å²) in [5, 5.41) is 7.20. The van der Waals surface area contributed by atoms with E-state index >= 15 is 0 Å². The summed E-state index contributed by atoms with van der Waals surface area (Å²) < 4.78 is 1.78. The highest BCUT2D eigenvalue weighted by Gasteiger charge is 2.33. The standard InChI is InChI=1S/C17H28N4O2/c1-13-11-18-20(12-13)10-8-15(22)21-9-6-5-7-14(21)16(23)19-17(2,3)4/h11-12,14H,5-10H2,1-4H3,(H,19,23). The molecule has 1 N–H and O–H groups in total. The van der Waals surface area contributed by atoms with Gasteiger partial charge in [-0.1, -0.05) is 0 Å². The molecule has 0 spiro atoms. The molecule has 23 heavy (non-hydrogen) atoms. The average molecular weight is 320 g/mol. The van der Waals surface area contributed by atoms with Crippen molar-refractivity contribution in [3.63, 3.8) is 0 Å². The van der Waals surface area contributed by atoms with Crippen molar-refractivity contribution in [1.29, 1.82) is 0 Å². The number of carbonyl (C=O) groups is 2. The Hall–Kier alpha value is -1.85. The van der Waals surface area contributed by atoms with Crippen molar-refractivity contribution in [2.24, 2.45) is 0 Å². The van der Waals surface area contributed by atoms with Crippen LogP contribution in [-0.2, 0) is 16.1 Å². The van der Waals surface area contributed by atoms with Gasteiger partial charge in [0, 0.05) is 31.2 Å². The largest absolute Gasteiger partial charge is 0.350 e. The van der Waals surface area contributed by atoms with Gasteiger partial charge in [-0.2, -0.15) is 5.10 Å². The number of rotatable bonds is 4. The Balaban J connectivity index is 1.96. The normalized spacial score (nSPS) is 18.8. The fourth-order valence-corrected chi connectivity index (χ4v) is 2.90. The topological polar surface area (TPSA) is 67.2 Å². The maximum absolute atomic E-state index is 12.6. The summed E-state index contributed by atoms with van der Waals surface area (Å²) in [6.07, 6.45) is 6.78. The summed E-state index contributed by atoms with van der Waals surface area (Å²) in [6, 6.07) is -0.338. The summed E-state index contributed by atoms with van der Waals surface area (Å²) in [7, 11) is 0. The van der Waals surface area contributed by atoms with Crippen LogP contribution in [-0.4, -0.2) is 44.6 Å². The molecule has 0 aliphatic carbocycles. The number of hydrogen-bond acceptors (Lipinski definition) is 3. The molecular formula is C17H28N4O2. The third-order valence-corrected chi connectivity index (χ3v) is 3.94. The number of aryl methyl sites for hydroxylation is 2. The van der Waals surface area contributed by atoms with Crippen LogP contribution in [0.15, 0.2) is 12.4 Å². The van der Waals surface area contributed by atoms with Gasteiger partial charge in [-0.3, -0.25) is 14.3 Å². The van der Waals surface area contributed by atoms with Crippen LogP contribution in [0.5, 0.6) is 0 Å². The predicted molar refractivity (Wildman–Crippen MR) is 88.8 cm³/mol. The minimum atomic E-state index is -0.338. The molecule has 6 heteroatoms. The van der Waals surface area contributed by atoms with E-state index in [9.17, 15) is 9.59 Å².